The van der Waals surface area contributed by atoms with Gasteiger partial charge in [0.25, 0.3) is 0 Å². The first kappa shape index (κ1) is 17.5. The number of hydrogen-bond donors (Lipinski definition) is 1. The number of carbonyl (C=O) groups is 2. The molecule has 0 aromatic heterocycles. The van der Waals surface area contributed by atoms with Crippen molar-refractivity contribution in [2.75, 3.05) is 5.75 Å². The summed E-state index contributed by atoms with van der Waals surface area (Å²) in [5.74, 6) is 0.781. The van der Waals surface area contributed by atoms with Gasteiger partial charge in [0, 0.05) is 6.42 Å². The summed E-state index contributed by atoms with van der Waals surface area (Å²) in [7, 11) is 0. The van der Waals surface area contributed by atoms with Crippen molar-refractivity contribution in [3.63, 3.8) is 0 Å². The summed E-state index contributed by atoms with van der Waals surface area (Å²) in [6.45, 7) is 6.21. The Balaban J connectivity index is 0.00000137. The minimum atomic E-state index is -0.122. The van der Waals surface area contributed by atoms with E-state index in [9.17, 15) is 9.59 Å². The quantitative estimate of drug-likeness (QED) is 0.543. The molecule has 3 nitrogen and oxygen atoms in total. The van der Waals surface area contributed by atoms with Gasteiger partial charge in [-0.3, -0.25) is 14.9 Å². The smallest absolute Gasteiger partial charge is 0.240 e. The molecule has 1 heterocycles. The second-order valence-corrected chi connectivity index (χ2v) is 5.55. The molecule has 1 N–H and O–H groups in total. The van der Waals surface area contributed by atoms with Crippen LogP contribution < -0.4 is 5.32 Å². The van der Waals surface area contributed by atoms with E-state index in [1.54, 1.807) is 11.8 Å². The van der Waals surface area contributed by atoms with Gasteiger partial charge in [-0.05, 0) is 12.2 Å². The Bertz CT molecular complexity index is 244. The van der Waals surface area contributed by atoms with Crippen LogP contribution in [0.15, 0.2) is 0 Å². The van der Waals surface area contributed by atoms with Crippen molar-refractivity contribution in [3.05, 3.63) is 0 Å². The Kier molecular flexibility index (Phi) is 11.2. The Morgan fingerprint density at radius 1 is 1.11 bits per heavy atom. The lowest BCUT2D eigenvalue weighted by atomic mass is 10.1. The summed E-state index contributed by atoms with van der Waals surface area (Å²) in [4.78, 5) is 22.2. The molecule has 1 aliphatic rings. The molecule has 1 aliphatic heterocycles. The third-order valence-corrected chi connectivity index (χ3v) is 4.05. The normalized spacial score (nSPS) is 18.3. The predicted molar refractivity (Wildman–Crippen MR) is 78.7 cm³/mol. The van der Waals surface area contributed by atoms with Gasteiger partial charge in [-0.25, -0.2) is 0 Å². The van der Waals surface area contributed by atoms with Gasteiger partial charge in [0.05, 0.1) is 5.25 Å². The lowest BCUT2D eigenvalue weighted by molar-refractivity contribution is -0.124. The molecule has 1 unspecified atom stereocenters. The van der Waals surface area contributed by atoms with E-state index in [1.165, 1.54) is 32.1 Å². The lowest BCUT2D eigenvalue weighted by Gasteiger charge is -2.05. The van der Waals surface area contributed by atoms with E-state index in [-0.39, 0.29) is 17.1 Å². The maximum atomic E-state index is 11.2. The Morgan fingerprint density at radius 3 is 2.28 bits per heavy atom. The van der Waals surface area contributed by atoms with Crippen LogP contribution in [0.2, 0.25) is 0 Å². The fourth-order valence-corrected chi connectivity index (χ4v) is 2.91. The Morgan fingerprint density at radius 2 is 1.72 bits per heavy atom. The van der Waals surface area contributed by atoms with Gasteiger partial charge in [-0.2, -0.15) is 0 Å². The highest BCUT2D eigenvalue weighted by Crippen LogP contribution is 2.21. The summed E-state index contributed by atoms with van der Waals surface area (Å²) >= 11 is 1.63. The molecule has 0 radical (unpaired) electrons. The summed E-state index contributed by atoms with van der Waals surface area (Å²) in [6, 6.07) is 0. The van der Waals surface area contributed by atoms with Crippen molar-refractivity contribution in [2.24, 2.45) is 0 Å². The number of unbranched alkanes of at least 4 members (excludes halogenated alkanes) is 5. The molecule has 1 fully saturated rings. The van der Waals surface area contributed by atoms with Gasteiger partial charge in [0.2, 0.25) is 11.8 Å². The first-order chi connectivity index (χ1) is 8.74. The molecule has 1 saturated heterocycles. The van der Waals surface area contributed by atoms with E-state index < -0.39 is 0 Å². The van der Waals surface area contributed by atoms with Crippen LogP contribution in [0.3, 0.4) is 0 Å². The Hall–Kier alpha value is -0.510. The average Bonchev–Trinajstić information content (AvgIpc) is 2.69. The number of nitrogens with one attached hydrogen (secondary N) is 1. The standard InChI is InChI=1S/C12H21NO2S.C2H6/c1-2-3-4-5-6-7-8-16-10-9-11(14)13-12(10)15;1-2/h10H,2-9H2,1H3,(H,13,14,15);1-2H3. The number of carbonyl (C=O) groups excluding carboxylic acids is 2. The van der Waals surface area contributed by atoms with Crippen LogP contribution >= 0.6 is 11.8 Å². The number of thioether (sulfide) groups is 1. The van der Waals surface area contributed by atoms with Gasteiger partial charge in [-0.1, -0.05) is 52.9 Å². The molecule has 0 aromatic rings. The molecule has 0 aliphatic carbocycles. The molecule has 18 heavy (non-hydrogen) atoms. The van der Waals surface area contributed by atoms with E-state index in [2.05, 4.69) is 12.2 Å². The summed E-state index contributed by atoms with van der Waals surface area (Å²) in [6.07, 6.45) is 8.00. The highest BCUT2D eigenvalue weighted by molar-refractivity contribution is 8.00. The molecule has 0 saturated carbocycles. The van der Waals surface area contributed by atoms with Crippen LogP contribution in [0, 0.1) is 0 Å². The van der Waals surface area contributed by atoms with Crippen LogP contribution in [-0.2, 0) is 9.59 Å². The zero-order chi connectivity index (χ0) is 13.8. The summed E-state index contributed by atoms with van der Waals surface area (Å²) in [5.41, 5.74) is 0. The Labute approximate surface area is 115 Å². The van der Waals surface area contributed by atoms with Crippen LogP contribution in [0.25, 0.3) is 0 Å². The van der Waals surface area contributed by atoms with Crippen molar-refractivity contribution < 1.29 is 9.59 Å². The van der Waals surface area contributed by atoms with Crippen molar-refractivity contribution >= 4 is 23.6 Å². The monoisotopic (exact) mass is 273 g/mol. The van der Waals surface area contributed by atoms with Gasteiger partial charge in [0.15, 0.2) is 0 Å². The van der Waals surface area contributed by atoms with E-state index >= 15 is 0 Å². The van der Waals surface area contributed by atoms with Crippen molar-refractivity contribution in [1.82, 2.24) is 5.32 Å². The maximum absolute atomic E-state index is 11.2. The third kappa shape index (κ3) is 7.75. The van der Waals surface area contributed by atoms with Crippen LogP contribution in [0.5, 0.6) is 0 Å². The van der Waals surface area contributed by atoms with Crippen LogP contribution in [-0.4, -0.2) is 22.8 Å². The number of rotatable bonds is 8. The molecule has 1 atom stereocenters. The SMILES string of the molecule is CC.CCCCCCCCSC1CC(=O)NC1=O. The largest absolute Gasteiger partial charge is 0.295 e. The van der Waals surface area contributed by atoms with E-state index in [4.69, 9.17) is 0 Å². The van der Waals surface area contributed by atoms with Crippen molar-refractivity contribution in [3.8, 4) is 0 Å². The van der Waals surface area contributed by atoms with E-state index in [0.29, 0.717) is 6.42 Å². The van der Waals surface area contributed by atoms with Gasteiger partial charge >= 0.3 is 0 Å². The second-order valence-electron chi connectivity index (χ2n) is 4.24. The van der Waals surface area contributed by atoms with E-state index in [1.807, 2.05) is 13.8 Å². The van der Waals surface area contributed by atoms with E-state index in [0.717, 1.165) is 12.2 Å². The molecular formula is C14H27NO2S. The lowest BCUT2D eigenvalue weighted by Crippen LogP contribution is -2.23. The molecule has 2 amide bonds. The van der Waals surface area contributed by atoms with Gasteiger partial charge in [0.1, 0.15) is 0 Å². The molecule has 0 spiro atoms. The number of hydrogen-bond acceptors (Lipinski definition) is 3. The maximum Gasteiger partial charge on any atom is 0.240 e. The van der Waals surface area contributed by atoms with Gasteiger partial charge in [-0.15, -0.1) is 11.8 Å². The molecule has 106 valence electrons. The second kappa shape index (κ2) is 11.6. The topological polar surface area (TPSA) is 46.2 Å². The fraction of sp³-hybridized carbons (Fsp3) is 0.857. The predicted octanol–water partition coefficient (Wildman–Crippen LogP) is 3.52. The third-order valence-electron chi connectivity index (χ3n) is 2.74. The summed E-state index contributed by atoms with van der Waals surface area (Å²) in [5, 5.41) is 2.21. The fourth-order valence-electron chi connectivity index (χ4n) is 1.77. The van der Waals surface area contributed by atoms with Crippen LogP contribution in [0.1, 0.15) is 65.7 Å². The highest BCUT2D eigenvalue weighted by Gasteiger charge is 2.30. The van der Waals surface area contributed by atoms with Crippen LogP contribution in [0.4, 0.5) is 0 Å². The van der Waals surface area contributed by atoms with Crippen molar-refractivity contribution in [1.29, 1.82) is 0 Å². The highest BCUT2D eigenvalue weighted by atomic mass is 32.2. The molecule has 4 heteroatoms. The molecule has 1 rings (SSSR count). The van der Waals surface area contributed by atoms with Crippen molar-refractivity contribution in [2.45, 2.75) is 71.0 Å². The van der Waals surface area contributed by atoms with Gasteiger partial charge < -0.3 is 0 Å². The average molecular weight is 273 g/mol. The molecule has 0 aromatic carbocycles. The summed E-state index contributed by atoms with van der Waals surface area (Å²) < 4.78 is 0. The number of imide groups is 1. The first-order valence-corrected chi connectivity index (χ1v) is 8.24. The molecule has 0 bridgehead atoms. The minimum Gasteiger partial charge on any atom is -0.295 e. The number of amides is 2. The zero-order valence-electron chi connectivity index (χ0n) is 12.0. The first-order valence-electron chi connectivity index (χ1n) is 7.19. The minimum absolute atomic E-state index is 0.0963. The zero-order valence-corrected chi connectivity index (χ0v) is 12.8. The molecular weight excluding hydrogens is 246 g/mol.